The highest BCUT2D eigenvalue weighted by molar-refractivity contribution is 6.11. The van der Waals surface area contributed by atoms with Crippen molar-refractivity contribution in [2.75, 3.05) is 6.54 Å². The Bertz CT molecular complexity index is 505. The Kier molecular flexibility index (Phi) is 3.03. The van der Waals surface area contributed by atoms with Gasteiger partial charge in [-0.25, -0.2) is 0 Å². The number of carbonyl (C=O) groups is 3. The number of piperidine rings is 1. The van der Waals surface area contributed by atoms with Crippen molar-refractivity contribution < 1.29 is 14.4 Å². The van der Waals surface area contributed by atoms with Gasteiger partial charge >= 0.3 is 0 Å². The van der Waals surface area contributed by atoms with Crippen LogP contribution >= 0.6 is 0 Å². The molecule has 0 bridgehead atoms. The van der Waals surface area contributed by atoms with Gasteiger partial charge in [0.2, 0.25) is 0 Å². The second-order valence-corrected chi connectivity index (χ2v) is 4.95. The molecule has 1 aliphatic heterocycles. The number of benzene rings is 1. The van der Waals surface area contributed by atoms with Crippen molar-refractivity contribution in [2.45, 2.75) is 25.8 Å². The molecule has 0 atom stereocenters. The van der Waals surface area contributed by atoms with Crippen molar-refractivity contribution in [1.29, 1.82) is 0 Å². The maximum atomic E-state index is 12.3. The lowest BCUT2D eigenvalue weighted by molar-refractivity contribution is -0.139. The molecule has 0 radical (unpaired) electrons. The van der Waals surface area contributed by atoms with Gasteiger partial charge in [0.05, 0.1) is 18.5 Å². The van der Waals surface area contributed by atoms with Gasteiger partial charge in [0, 0.05) is 5.56 Å². The highest BCUT2D eigenvalue weighted by Gasteiger charge is 2.43. The van der Waals surface area contributed by atoms with Crippen LogP contribution in [0.25, 0.3) is 0 Å². The fourth-order valence-electron chi connectivity index (χ4n) is 2.04. The predicted molar refractivity (Wildman–Crippen MR) is 66.2 cm³/mol. The first kappa shape index (κ1) is 12.5. The molecule has 0 N–H and O–H groups in total. The maximum Gasteiger partial charge on any atom is 0.255 e. The molecule has 0 saturated carbocycles. The first-order chi connectivity index (χ1) is 8.43. The Balaban J connectivity index is 2.34. The third-order valence-electron chi connectivity index (χ3n) is 3.32. The average molecular weight is 245 g/mol. The van der Waals surface area contributed by atoms with E-state index in [9.17, 15) is 14.4 Å². The quantitative estimate of drug-likeness (QED) is 0.704. The van der Waals surface area contributed by atoms with Gasteiger partial charge in [-0.05, 0) is 26.0 Å². The molecule has 0 aromatic heterocycles. The number of amides is 1. The van der Waals surface area contributed by atoms with Gasteiger partial charge in [0.1, 0.15) is 0 Å². The molecule has 1 aromatic rings. The summed E-state index contributed by atoms with van der Waals surface area (Å²) in [6, 6.07) is 8.69. The molecule has 0 spiro atoms. The minimum absolute atomic E-state index is 0.00642. The van der Waals surface area contributed by atoms with Crippen molar-refractivity contribution in [3.63, 3.8) is 0 Å². The Morgan fingerprint density at radius 3 is 2.39 bits per heavy atom. The molecule has 2 rings (SSSR count). The maximum absolute atomic E-state index is 12.3. The van der Waals surface area contributed by atoms with Crippen LogP contribution in [0.1, 0.15) is 30.6 Å². The number of nitrogens with zero attached hydrogens (tertiary/aromatic N) is 1. The highest BCUT2D eigenvalue weighted by Crippen LogP contribution is 2.24. The van der Waals surface area contributed by atoms with Gasteiger partial charge in [-0.15, -0.1) is 0 Å². The lowest BCUT2D eigenvalue weighted by Crippen LogP contribution is -2.59. The summed E-state index contributed by atoms with van der Waals surface area (Å²) in [6.07, 6.45) is -0.0778. The van der Waals surface area contributed by atoms with E-state index in [2.05, 4.69) is 0 Å². The van der Waals surface area contributed by atoms with Crippen LogP contribution in [-0.2, 0) is 9.59 Å². The lowest BCUT2D eigenvalue weighted by atomic mass is 9.87. The van der Waals surface area contributed by atoms with Crippen LogP contribution < -0.4 is 0 Å². The molecule has 1 saturated heterocycles. The Hall–Kier alpha value is -1.97. The first-order valence-corrected chi connectivity index (χ1v) is 5.85. The van der Waals surface area contributed by atoms with E-state index in [4.69, 9.17) is 0 Å². The van der Waals surface area contributed by atoms with Gasteiger partial charge in [-0.1, -0.05) is 18.2 Å². The second kappa shape index (κ2) is 4.37. The summed E-state index contributed by atoms with van der Waals surface area (Å²) >= 11 is 0. The summed E-state index contributed by atoms with van der Waals surface area (Å²) in [5, 5.41) is 0. The van der Waals surface area contributed by atoms with Crippen LogP contribution in [-0.4, -0.2) is 34.5 Å². The van der Waals surface area contributed by atoms with Gasteiger partial charge in [0.25, 0.3) is 5.91 Å². The van der Waals surface area contributed by atoms with Gasteiger partial charge in [0.15, 0.2) is 11.6 Å². The number of hydrogen-bond donors (Lipinski definition) is 0. The molecule has 4 heteroatoms. The molecule has 18 heavy (non-hydrogen) atoms. The summed E-state index contributed by atoms with van der Waals surface area (Å²) in [5.74, 6) is -0.686. The number of hydrogen-bond acceptors (Lipinski definition) is 3. The smallest absolute Gasteiger partial charge is 0.255 e. The Morgan fingerprint density at radius 1 is 1.17 bits per heavy atom. The van der Waals surface area contributed by atoms with Crippen molar-refractivity contribution in [3.8, 4) is 0 Å². The van der Waals surface area contributed by atoms with E-state index in [-0.39, 0.29) is 30.4 Å². The number of carbonyl (C=O) groups excluding carboxylic acids is 3. The zero-order chi connectivity index (χ0) is 13.3. The fourth-order valence-corrected chi connectivity index (χ4v) is 2.04. The minimum Gasteiger partial charge on any atom is -0.319 e. The number of rotatable bonds is 1. The molecule has 1 fully saturated rings. The Morgan fingerprint density at radius 2 is 1.78 bits per heavy atom. The van der Waals surface area contributed by atoms with E-state index in [0.717, 1.165) is 0 Å². The van der Waals surface area contributed by atoms with E-state index in [1.54, 1.807) is 38.1 Å². The van der Waals surface area contributed by atoms with Crippen molar-refractivity contribution >= 4 is 17.5 Å². The molecular formula is C14H15NO3. The number of ketones is 2. The zero-order valence-corrected chi connectivity index (χ0v) is 10.5. The average Bonchev–Trinajstić information content (AvgIpc) is 2.34. The summed E-state index contributed by atoms with van der Waals surface area (Å²) in [6.45, 7) is 3.37. The van der Waals surface area contributed by atoms with Crippen LogP contribution in [0.4, 0.5) is 0 Å². The fraction of sp³-hybridized carbons (Fsp3) is 0.357. The largest absolute Gasteiger partial charge is 0.319 e. The summed E-state index contributed by atoms with van der Waals surface area (Å²) in [7, 11) is 0. The van der Waals surface area contributed by atoms with E-state index in [1.165, 1.54) is 4.90 Å². The van der Waals surface area contributed by atoms with Gasteiger partial charge < -0.3 is 4.90 Å². The summed E-state index contributed by atoms with van der Waals surface area (Å²) in [5.41, 5.74) is -0.422. The van der Waals surface area contributed by atoms with Gasteiger partial charge in [-0.2, -0.15) is 0 Å². The Labute approximate surface area is 106 Å². The SMILES string of the molecule is CC1(C)C(=O)CC(=O)CN1C(=O)c1ccccc1. The predicted octanol–water partition coefficient (Wildman–Crippen LogP) is 1.45. The summed E-state index contributed by atoms with van der Waals surface area (Å²) < 4.78 is 0. The molecule has 1 aromatic carbocycles. The molecule has 1 heterocycles. The molecule has 0 aliphatic carbocycles. The normalized spacial score (nSPS) is 18.9. The van der Waals surface area contributed by atoms with Crippen molar-refractivity contribution in [3.05, 3.63) is 35.9 Å². The summed E-state index contributed by atoms with van der Waals surface area (Å²) in [4.78, 5) is 37.0. The molecule has 1 aliphatic rings. The van der Waals surface area contributed by atoms with E-state index in [0.29, 0.717) is 5.56 Å². The minimum atomic E-state index is -0.916. The molecule has 4 nitrogen and oxygen atoms in total. The van der Waals surface area contributed by atoms with E-state index in [1.807, 2.05) is 6.07 Å². The van der Waals surface area contributed by atoms with Crippen molar-refractivity contribution in [1.82, 2.24) is 4.90 Å². The second-order valence-electron chi connectivity index (χ2n) is 4.95. The zero-order valence-electron chi connectivity index (χ0n) is 10.5. The van der Waals surface area contributed by atoms with Gasteiger partial charge in [-0.3, -0.25) is 14.4 Å². The standard InChI is InChI=1S/C14H15NO3/c1-14(2)12(17)8-11(16)9-15(14)13(18)10-6-4-3-5-7-10/h3-7H,8-9H2,1-2H3. The molecule has 1 amide bonds. The van der Waals surface area contributed by atoms with Crippen molar-refractivity contribution in [2.24, 2.45) is 0 Å². The number of Topliss-reactive ketones (excluding diaryl/α,β-unsaturated/α-hetero) is 2. The van der Waals surface area contributed by atoms with E-state index >= 15 is 0 Å². The van der Waals surface area contributed by atoms with Crippen LogP contribution in [0, 0.1) is 0 Å². The van der Waals surface area contributed by atoms with E-state index < -0.39 is 5.54 Å². The third kappa shape index (κ3) is 2.06. The van der Waals surface area contributed by atoms with Crippen LogP contribution in [0.3, 0.4) is 0 Å². The first-order valence-electron chi connectivity index (χ1n) is 5.85. The van der Waals surface area contributed by atoms with Crippen LogP contribution in [0.5, 0.6) is 0 Å². The number of likely N-dealkylation sites (tertiary alicyclic amines) is 1. The molecule has 94 valence electrons. The lowest BCUT2D eigenvalue weighted by Gasteiger charge is -2.40. The molecule has 0 unspecified atom stereocenters. The highest BCUT2D eigenvalue weighted by atomic mass is 16.2. The van der Waals surface area contributed by atoms with Crippen LogP contribution in [0.2, 0.25) is 0 Å². The third-order valence-corrected chi connectivity index (χ3v) is 3.32. The topological polar surface area (TPSA) is 54.5 Å². The molecular weight excluding hydrogens is 230 g/mol. The van der Waals surface area contributed by atoms with Crippen LogP contribution in [0.15, 0.2) is 30.3 Å². The monoisotopic (exact) mass is 245 g/mol.